The minimum Gasteiger partial charge on any atom is -0.488 e. The van der Waals surface area contributed by atoms with Crippen LogP contribution in [0.5, 0.6) is 5.75 Å². The molecule has 0 aromatic heterocycles. The van der Waals surface area contributed by atoms with E-state index in [1.807, 2.05) is 0 Å². The van der Waals surface area contributed by atoms with Crippen molar-refractivity contribution in [1.29, 1.82) is 0 Å². The van der Waals surface area contributed by atoms with Gasteiger partial charge < -0.3 is 4.74 Å². The number of halogens is 3. The Hall–Kier alpha value is -0.0900. The summed E-state index contributed by atoms with van der Waals surface area (Å²) in [6, 6.07) is 4.53. The van der Waals surface area contributed by atoms with Gasteiger partial charge in [0.2, 0.25) is 0 Å². The van der Waals surface area contributed by atoms with Gasteiger partial charge in [-0.1, -0.05) is 29.8 Å². The van der Waals surface area contributed by atoms with Crippen molar-refractivity contribution in [2.24, 2.45) is 5.41 Å². The van der Waals surface area contributed by atoms with E-state index in [4.69, 9.17) is 4.74 Å². The maximum absolute atomic E-state index is 13.2. The van der Waals surface area contributed by atoms with Crippen molar-refractivity contribution in [3.8, 4) is 5.75 Å². The third-order valence-electron chi connectivity index (χ3n) is 3.80. The first-order valence-corrected chi connectivity index (χ1v) is 7.44. The highest BCUT2D eigenvalue weighted by molar-refractivity contribution is 9.10. The van der Waals surface area contributed by atoms with E-state index in [-0.39, 0.29) is 17.3 Å². The minimum atomic E-state index is -0.267. The molecule has 94 valence electrons. The lowest BCUT2D eigenvalue weighted by Crippen LogP contribution is -2.54. The topological polar surface area (TPSA) is 9.23 Å². The fraction of sp³-hybridized carbons (Fsp3) is 0.538. The first-order valence-electron chi connectivity index (χ1n) is 5.73. The molecule has 1 aliphatic rings. The molecule has 3 atom stereocenters. The lowest BCUT2D eigenvalue weighted by molar-refractivity contribution is -0.0249. The van der Waals surface area contributed by atoms with Crippen molar-refractivity contribution in [3.05, 3.63) is 28.5 Å². The molecular weight excluding hydrogens is 351 g/mol. The summed E-state index contributed by atoms with van der Waals surface area (Å²) in [5, 5.41) is 0. The van der Waals surface area contributed by atoms with Gasteiger partial charge >= 0.3 is 0 Å². The van der Waals surface area contributed by atoms with Crippen LogP contribution in [0.1, 0.15) is 26.7 Å². The van der Waals surface area contributed by atoms with Crippen LogP contribution in [0.25, 0.3) is 0 Å². The zero-order chi connectivity index (χ0) is 12.6. The largest absolute Gasteiger partial charge is 0.488 e. The van der Waals surface area contributed by atoms with Crippen LogP contribution in [0.15, 0.2) is 22.7 Å². The fourth-order valence-corrected chi connectivity index (χ4v) is 3.42. The van der Waals surface area contributed by atoms with E-state index in [0.717, 1.165) is 17.3 Å². The van der Waals surface area contributed by atoms with Crippen molar-refractivity contribution in [2.75, 3.05) is 0 Å². The molecule has 1 fully saturated rings. The first kappa shape index (κ1) is 13.3. The molecule has 1 aromatic rings. The summed E-state index contributed by atoms with van der Waals surface area (Å²) >= 11 is 7.05. The van der Waals surface area contributed by atoms with Gasteiger partial charge in [-0.3, -0.25) is 0 Å². The Labute approximate surface area is 118 Å². The van der Waals surface area contributed by atoms with Crippen LogP contribution in [0, 0.1) is 11.2 Å². The van der Waals surface area contributed by atoms with Crippen LogP contribution in [0.4, 0.5) is 4.39 Å². The lowest BCUT2D eigenvalue weighted by Gasteiger charge is -2.50. The molecule has 0 saturated heterocycles. The Balaban J connectivity index is 2.14. The van der Waals surface area contributed by atoms with Crippen molar-refractivity contribution in [2.45, 2.75) is 37.6 Å². The van der Waals surface area contributed by atoms with Gasteiger partial charge in [0.05, 0.1) is 4.47 Å². The minimum absolute atomic E-state index is 0.131. The summed E-state index contributed by atoms with van der Waals surface area (Å²) in [6.07, 6.45) is 2.16. The zero-order valence-electron chi connectivity index (χ0n) is 9.84. The van der Waals surface area contributed by atoms with Crippen molar-refractivity contribution >= 4 is 31.9 Å². The fourth-order valence-electron chi connectivity index (χ4n) is 2.12. The highest BCUT2D eigenvalue weighted by atomic mass is 79.9. The molecule has 0 bridgehead atoms. The van der Waals surface area contributed by atoms with E-state index in [0.29, 0.717) is 10.6 Å². The molecule has 0 N–H and O–H groups in total. The summed E-state index contributed by atoms with van der Waals surface area (Å²) in [6.45, 7) is 4.36. The van der Waals surface area contributed by atoms with Crippen molar-refractivity contribution < 1.29 is 9.13 Å². The van der Waals surface area contributed by atoms with E-state index in [9.17, 15) is 4.39 Å². The molecule has 17 heavy (non-hydrogen) atoms. The van der Waals surface area contributed by atoms with E-state index in [1.54, 1.807) is 6.07 Å². The summed E-state index contributed by atoms with van der Waals surface area (Å²) in [4.78, 5) is 0.484. The zero-order valence-corrected chi connectivity index (χ0v) is 13.0. The van der Waals surface area contributed by atoms with Crippen LogP contribution in [-0.2, 0) is 0 Å². The second kappa shape index (κ2) is 4.88. The number of ether oxygens (including phenoxy) is 1. The predicted molar refractivity (Wildman–Crippen MR) is 74.2 cm³/mol. The predicted octanol–water partition coefficient (Wildman–Crippen LogP) is 4.92. The first-order chi connectivity index (χ1) is 7.97. The van der Waals surface area contributed by atoms with Gasteiger partial charge in [-0.2, -0.15) is 0 Å². The Kier molecular flexibility index (Phi) is 3.83. The Morgan fingerprint density at radius 3 is 2.82 bits per heavy atom. The monoisotopic (exact) mass is 364 g/mol. The molecule has 0 radical (unpaired) electrons. The van der Waals surface area contributed by atoms with Crippen LogP contribution in [0.2, 0.25) is 0 Å². The van der Waals surface area contributed by atoms with E-state index < -0.39 is 0 Å². The molecule has 1 saturated carbocycles. The summed E-state index contributed by atoms with van der Waals surface area (Å²) < 4.78 is 19.9. The van der Waals surface area contributed by atoms with Gasteiger partial charge in [-0.25, -0.2) is 4.39 Å². The van der Waals surface area contributed by atoms with Crippen LogP contribution in [-0.4, -0.2) is 10.9 Å². The molecule has 3 unspecified atom stereocenters. The average molecular weight is 366 g/mol. The quantitative estimate of drug-likeness (QED) is 0.691. The maximum atomic E-state index is 13.2. The normalized spacial score (nSPS) is 32.1. The highest BCUT2D eigenvalue weighted by Gasteiger charge is 2.51. The van der Waals surface area contributed by atoms with Gasteiger partial charge in [-0.05, 0) is 40.9 Å². The molecule has 2 rings (SSSR count). The van der Waals surface area contributed by atoms with Gasteiger partial charge in [0.15, 0.2) is 0 Å². The smallest absolute Gasteiger partial charge is 0.136 e. The second-order valence-electron chi connectivity index (χ2n) is 4.74. The van der Waals surface area contributed by atoms with Crippen LogP contribution >= 0.6 is 31.9 Å². The highest BCUT2D eigenvalue weighted by Crippen LogP contribution is 2.50. The Morgan fingerprint density at radius 2 is 2.24 bits per heavy atom. The summed E-state index contributed by atoms with van der Waals surface area (Å²) in [5.41, 5.74) is 0.131. The van der Waals surface area contributed by atoms with Gasteiger partial charge in [-0.15, -0.1) is 0 Å². The third-order valence-corrected chi connectivity index (χ3v) is 5.87. The maximum Gasteiger partial charge on any atom is 0.136 e. The van der Waals surface area contributed by atoms with Crippen LogP contribution < -0.4 is 4.74 Å². The van der Waals surface area contributed by atoms with E-state index in [1.165, 1.54) is 12.1 Å². The molecule has 0 aliphatic heterocycles. The number of benzene rings is 1. The molecule has 1 aliphatic carbocycles. The van der Waals surface area contributed by atoms with Crippen molar-refractivity contribution in [1.82, 2.24) is 0 Å². The lowest BCUT2D eigenvalue weighted by atomic mass is 9.65. The standard InChI is InChI=1S/C13H15Br2FO/c1-3-13(2)11(15)7-12(13)17-10-6-8(16)4-5-9(10)14/h4-6,11-12H,3,7H2,1-2H3. The van der Waals surface area contributed by atoms with Gasteiger partial charge in [0.1, 0.15) is 17.7 Å². The van der Waals surface area contributed by atoms with Crippen LogP contribution in [0.3, 0.4) is 0 Å². The number of alkyl halides is 1. The van der Waals surface area contributed by atoms with Gasteiger partial charge in [0, 0.05) is 16.3 Å². The van der Waals surface area contributed by atoms with E-state index in [2.05, 4.69) is 45.7 Å². The molecule has 0 spiro atoms. The number of hydrogen-bond acceptors (Lipinski definition) is 1. The molecule has 0 amide bonds. The SMILES string of the molecule is CCC1(C)C(Br)CC1Oc1cc(F)ccc1Br. The summed E-state index contributed by atoms with van der Waals surface area (Å²) in [7, 11) is 0. The Morgan fingerprint density at radius 1 is 1.53 bits per heavy atom. The van der Waals surface area contributed by atoms with Gasteiger partial charge in [0.25, 0.3) is 0 Å². The van der Waals surface area contributed by atoms with Crippen molar-refractivity contribution in [3.63, 3.8) is 0 Å². The molecule has 4 heteroatoms. The molecule has 1 aromatic carbocycles. The average Bonchev–Trinajstić information content (AvgIpc) is 2.32. The third kappa shape index (κ3) is 2.39. The molecule has 1 nitrogen and oxygen atoms in total. The number of rotatable bonds is 3. The second-order valence-corrected chi connectivity index (χ2v) is 6.70. The molecular formula is C13H15Br2FO. The summed E-state index contributed by atoms with van der Waals surface area (Å²) in [5.74, 6) is 0.324. The Bertz CT molecular complexity index is 424. The number of hydrogen-bond donors (Lipinski definition) is 0. The molecule has 0 heterocycles. The van der Waals surface area contributed by atoms with E-state index >= 15 is 0 Å².